The molecule has 19 heavy (non-hydrogen) atoms. The molecule has 0 amide bonds. The van der Waals surface area contributed by atoms with E-state index < -0.39 is 6.10 Å². The van der Waals surface area contributed by atoms with Crippen LogP contribution in [0.1, 0.15) is 0 Å². The Balaban J connectivity index is 1.97. The number of hydrogen-bond acceptors (Lipinski definition) is 6. The fourth-order valence-electron chi connectivity index (χ4n) is 2.14. The van der Waals surface area contributed by atoms with Crippen LogP contribution in [0.5, 0.6) is 11.6 Å². The second-order valence-corrected chi connectivity index (χ2v) is 4.44. The molecule has 2 atom stereocenters. The van der Waals surface area contributed by atoms with Crippen molar-refractivity contribution >= 4 is 10.9 Å². The summed E-state index contributed by atoms with van der Waals surface area (Å²) in [4.78, 5) is 8.34. The number of aliphatic hydroxyl groups is 1. The molecule has 2 heterocycles. The lowest BCUT2D eigenvalue weighted by atomic mass is 10.2. The molecule has 0 radical (unpaired) electrons. The number of aliphatic hydroxyl groups excluding tert-OH is 1. The summed E-state index contributed by atoms with van der Waals surface area (Å²) in [7, 11) is 1.61. The van der Waals surface area contributed by atoms with Crippen molar-refractivity contribution in [3.8, 4) is 11.6 Å². The third-order valence-electron chi connectivity index (χ3n) is 3.20. The fourth-order valence-corrected chi connectivity index (χ4v) is 2.14. The van der Waals surface area contributed by atoms with Crippen molar-refractivity contribution in [3.63, 3.8) is 0 Å². The number of methoxy groups -OCH3 is 1. The van der Waals surface area contributed by atoms with E-state index in [0.717, 1.165) is 16.7 Å². The minimum absolute atomic E-state index is 0.288. The topological polar surface area (TPSA) is 76.5 Å². The van der Waals surface area contributed by atoms with Crippen molar-refractivity contribution < 1.29 is 14.6 Å². The molecule has 2 N–H and O–H groups in total. The summed E-state index contributed by atoms with van der Waals surface area (Å²) in [6.45, 7) is 1.15. The Kier molecular flexibility index (Phi) is 3.18. The lowest BCUT2D eigenvalue weighted by Gasteiger charge is -2.16. The molecule has 0 aliphatic carbocycles. The average molecular weight is 261 g/mol. The van der Waals surface area contributed by atoms with E-state index in [9.17, 15) is 5.11 Å². The van der Waals surface area contributed by atoms with Gasteiger partial charge in [0.2, 0.25) is 5.88 Å². The number of ether oxygens (including phenoxy) is 2. The van der Waals surface area contributed by atoms with Gasteiger partial charge in [-0.15, -0.1) is 0 Å². The van der Waals surface area contributed by atoms with Crippen LogP contribution in [0.4, 0.5) is 0 Å². The Morgan fingerprint density at radius 1 is 1.32 bits per heavy atom. The Hall–Kier alpha value is -1.92. The highest BCUT2D eigenvalue weighted by Crippen LogP contribution is 2.27. The molecule has 100 valence electrons. The van der Waals surface area contributed by atoms with Crippen LogP contribution in [-0.4, -0.2) is 47.5 Å². The van der Waals surface area contributed by atoms with Crippen molar-refractivity contribution in [1.29, 1.82) is 0 Å². The molecule has 0 saturated carbocycles. The van der Waals surface area contributed by atoms with E-state index in [0.29, 0.717) is 19.0 Å². The Labute approximate surface area is 110 Å². The van der Waals surface area contributed by atoms with Gasteiger partial charge in [0.25, 0.3) is 0 Å². The maximum Gasteiger partial charge on any atom is 0.225 e. The van der Waals surface area contributed by atoms with Gasteiger partial charge >= 0.3 is 0 Å². The van der Waals surface area contributed by atoms with Crippen LogP contribution in [0, 0.1) is 0 Å². The molecule has 2 unspecified atom stereocenters. The number of aromatic nitrogens is 2. The van der Waals surface area contributed by atoms with Crippen molar-refractivity contribution in [2.45, 2.75) is 12.2 Å². The predicted molar refractivity (Wildman–Crippen MR) is 69.4 cm³/mol. The van der Waals surface area contributed by atoms with Gasteiger partial charge in [0.15, 0.2) is 0 Å². The van der Waals surface area contributed by atoms with E-state index in [1.165, 1.54) is 6.33 Å². The summed E-state index contributed by atoms with van der Waals surface area (Å²) in [5.41, 5.74) is 0.784. The van der Waals surface area contributed by atoms with Crippen LogP contribution >= 0.6 is 0 Å². The number of fused-ring (bicyclic) bond motifs is 1. The van der Waals surface area contributed by atoms with Gasteiger partial charge in [-0.05, 0) is 18.2 Å². The number of nitrogens with zero attached hydrogens (tertiary/aromatic N) is 2. The van der Waals surface area contributed by atoms with Gasteiger partial charge < -0.3 is 19.9 Å². The Morgan fingerprint density at radius 3 is 2.95 bits per heavy atom. The van der Waals surface area contributed by atoms with E-state index in [1.54, 1.807) is 7.11 Å². The first-order valence-electron chi connectivity index (χ1n) is 6.12. The maximum atomic E-state index is 9.77. The first-order chi connectivity index (χ1) is 9.28. The molecule has 1 saturated heterocycles. The zero-order valence-corrected chi connectivity index (χ0v) is 10.5. The largest absolute Gasteiger partial charge is 0.497 e. The number of benzene rings is 1. The maximum absolute atomic E-state index is 9.77. The number of β-amino-alcohol motifs (C(OH)–C–C–N with tert-alkyl or cyclic N) is 1. The molecule has 6 heteroatoms. The van der Waals surface area contributed by atoms with Gasteiger partial charge in [-0.1, -0.05) is 0 Å². The van der Waals surface area contributed by atoms with Gasteiger partial charge in [-0.3, -0.25) is 0 Å². The van der Waals surface area contributed by atoms with Gasteiger partial charge in [0.1, 0.15) is 24.3 Å². The Bertz CT molecular complexity index is 590. The smallest absolute Gasteiger partial charge is 0.225 e. The first-order valence-corrected chi connectivity index (χ1v) is 6.12. The normalized spacial score (nSPS) is 22.6. The van der Waals surface area contributed by atoms with Gasteiger partial charge in [0.05, 0.1) is 18.0 Å². The van der Waals surface area contributed by atoms with Crippen LogP contribution in [0.2, 0.25) is 0 Å². The van der Waals surface area contributed by atoms with E-state index in [1.807, 2.05) is 18.2 Å². The summed E-state index contributed by atoms with van der Waals surface area (Å²) in [5.74, 6) is 1.19. The SMILES string of the molecule is COc1ccc2ncnc(OC3CNCC3O)c2c1. The highest BCUT2D eigenvalue weighted by atomic mass is 16.5. The quantitative estimate of drug-likeness (QED) is 0.830. The number of hydrogen-bond donors (Lipinski definition) is 2. The lowest BCUT2D eigenvalue weighted by molar-refractivity contribution is 0.0717. The van der Waals surface area contributed by atoms with Crippen LogP contribution < -0.4 is 14.8 Å². The predicted octanol–water partition coefficient (Wildman–Crippen LogP) is 0.350. The zero-order chi connectivity index (χ0) is 13.2. The molecule has 6 nitrogen and oxygen atoms in total. The average Bonchev–Trinajstić information content (AvgIpc) is 2.84. The van der Waals surface area contributed by atoms with Crippen LogP contribution in [0.3, 0.4) is 0 Å². The van der Waals surface area contributed by atoms with E-state index in [4.69, 9.17) is 9.47 Å². The molecule has 0 bridgehead atoms. The summed E-state index contributed by atoms with van der Waals surface area (Å²) >= 11 is 0. The van der Waals surface area contributed by atoms with Gasteiger partial charge in [-0.2, -0.15) is 0 Å². The van der Waals surface area contributed by atoms with Crippen LogP contribution in [0.25, 0.3) is 10.9 Å². The third-order valence-corrected chi connectivity index (χ3v) is 3.20. The molecule has 1 aromatic heterocycles. The molecule has 1 fully saturated rings. The molecule has 1 aliphatic rings. The standard InChI is InChI=1S/C13H15N3O3/c1-18-8-2-3-10-9(4-8)13(16-7-15-10)19-12-6-14-5-11(12)17/h2-4,7,11-12,14,17H,5-6H2,1H3. The second kappa shape index (κ2) is 4.99. The molecular weight excluding hydrogens is 246 g/mol. The van der Waals surface area contributed by atoms with Crippen LogP contribution in [-0.2, 0) is 0 Å². The molecule has 2 aromatic rings. The van der Waals surface area contributed by atoms with Crippen LogP contribution in [0.15, 0.2) is 24.5 Å². The minimum Gasteiger partial charge on any atom is -0.497 e. The van der Waals surface area contributed by atoms with Gasteiger partial charge in [0, 0.05) is 13.1 Å². The van der Waals surface area contributed by atoms with E-state index >= 15 is 0 Å². The molecule has 0 spiro atoms. The number of rotatable bonds is 3. The second-order valence-electron chi connectivity index (χ2n) is 4.44. The monoisotopic (exact) mass is 261 g/mol. The zero-order valence-electron chi connectivity index (χ0n) is 10.5. The van der Waals surface area contributed by atoms with Gasteiger partial charge in [-0.25, -0.2) is 9.97 Å². The fraction of sp³-hybridized carbons (Fsp3) is 0.385. The molecule has 1 aliphatic heterocycles. The summed E-state index contributed by atoms with van der Waals surface area (Å²) in [5, 5.41) is 13.6. The van der Waals surface area contributed by atoms with Crippen molar-refractivity contribution in [2.75, 3.05) is 20.2 Å². The van der Waals surface area contributed by atoms with Crippen molar-refractivity contribution in [1.82, 2.24) is 15.3 Å². The first kappa shape index (κ1) is 12.1. The van der Waals surface area contributed by atoms with Crippen molar-refractivity contribution in [3.05, 3.63) is 24.5 Å². The van der Waals surface area contributed by atoms with Crippen molar-refractivity contribution in [2.24, 2.45) is 0 Å². The molecule has 3 rings (SSSR count). The highest BCUT2D eigenvalue weighted by molar-refractivity contribution is 5.84. The number of nitrogens with one attached hydrogen (secondary N) is 1. The molecular formula is C13H15N3O3. The minimum atomic E-state index is -0.518. The summed E-state index contributed by atoms with van der Waals surface area (Å²) in [6, 6.07) is 5.52. The lowest BCUT2D eigenvalue weighted by Crippen LogP contribution is -2.30. The summed E-state index contributed by atoms with van der Waals surface area (Å²) < 4.78 is 11.0. The Morgan fingerprint density at radius 2 is 2.21 bits per heavy atom. The third kappa shape index (κ3) is 2.32. The van der Waals surface area contributed by atoms with E-state index in [2.05, 4.69) is 15.3 Å². The highest BCUT2D eigenvalue weighted by Gasteiger charge is 2.27. The molecule has 1 aromatic carbocycles. The summed E-state index contributed by atoms with van der Waals surface area (Å²) in [6.07, 6.45) is 0.652. The van der Waals surface area contributed by atoms with E-state index in [-0.39, 0.29) is 6.10 Å².